The number of hydrogen-bond acceptors (Lipinski definition) is 4. The summed E-state index contributed by atoms with van der Waals surface area (Å²) in [5.41, 5.74) is 0. The normalized spacial score (nSPS) is 15.2. The lowest BCUT2D eigenvalue weighted by atomic mass is 10.0. The molecule has 0 saturated heterocycles. The van der Waals surface area contributed by atoms with Gasteiger partial charge in [0.15, 0.2) is 5.96 Å². The SMILES string of the molecule is CN=C(NCCNC(=O)CC1CCCC1)NCC(C)Oc1cccc(OC)c1.I. The smallest absolute Gasteiger partial charge is 0.220 e. The van der Waals surface area contributed by atoms with Gasteiger partial charge in [0.05, 0.1) is 13.7 Å². The summed E-state index contributed by atoms with van der Waals surface area (Å²) in [6, 6.07) is 7.54. The molecule has 0 radical (unpaired) electrons. The molecule has 0 aromatic heterocycles. The zero-order chi connectivity index (χ0) is 20.2. The summed E-state index contributed by atoms with van der Waals surface area (Å²) in [4.78, 5) is 16.1. The number of carbonyl (C=O) groups excluding carboxylic acids is 1. The van der Waals surface area contributed by atoms with Crippen LogP contribution in [0.4, 0.5) is 0 Å². The summed E-state index contributed by atoms with van der Waals surface area (Å²) in [6.45, 7) is 3.80. The highest BCUT2D eigenvalue weighted by Gasteiger charge is 2.17. The fourth-order valence-corrected chi connectivity index (χ4v) is 3.34. The molecule has 1 aliphatic carbocycles. The van der Waals surface area contributed by atoms with E-state index in [4.69, 9.17) is 9.47 Å². The average Bonchev–Trinajstić information content (AvgIpc) is 3.20. The molecule has 1 saturated carbocycles. The maximum Gasteiger partial charge on any atom is 0.220 e. The molecule has 29 heavy (non-hydrogen) atoms. The first-order valence-corrected chi connectivity index (χ1v) is 10.1. The molecule has 8 heteroatoms. The Bertz CT molecular complexity index is 636. The molecule has 1 amide bonds. The molecule has 2 rings (SSSR count). The van der Waals surface area contributed by atoms with Gasteiger partial charge in [0.1, 0.15) is 17.6 Å². The van der Waals surface area contributed by atoms with E-state index in [1.807, 2.05) is 31.2 Å². The van der Waals surface area contributed by atoms with Crippen molar-refractivity contribution in [3.63, 3.8) is 0 Å². The highest BCUT2D eigenvalue weighted by Crippen LogP contribution is 2.27. The number of nitrogens with zero attached hydrogens (tertiary/aromatic N) is 1. The Labute approximate surface area is 191 Å². The van der Waals surface area contributed by atoms with E-state index in [0.717, 1.165) is 11.5 Å². The van der Waals surface area contributed by atoms with Crippen molar-refractivity contribution < 1.29 is 14.3 Å². The first-order chi connectivity index (χ1) is 13.6. The van der Waals surface area contributed by atoms with Gasteiger partial charge in [0.25, 0.3) is 0 Å². The van der Waals surface area contributed by atoms with Crippen LogP contribution in [-0.4, -0.2) is 51.8 Å². The second kappa shape index (κ2) is 14.3. The molecule has 1 fully saturated rings. The van der Waals surface area contributed by atoms with Crippen LogP contribution in [0.25, 0.3) is 0 Å². The molecule has 0 bridgehead atoms. The van der Waals surface area contributed by atoms with Gasteiger partial charge < -0.3 is 25.4 Å². The van der Waals surface area contributed by atoms with Crippen LogP contribution < -0.4 is 25.4 Å². The molecule has 1 aromatic rings. The van der Waals surface area contributed by atoms with Crippen molar-refractivity contribution in [3.8, 4) is 11.5 Å². The number of nitrogens with one attached hydrogen (secondary N) is 3. The van der Waals surface area contributed by atoms with E-state index in [2.05, 4.69) is 20.9 Å². The van der Waals surface area contributed by atoms with E-state index in [0.29, 0.717) is 37.9 Å². The van der Waals surface area contributed by atoms with Crippen molar-refractivity contribution >= 4 is 35.8 Å². The number of rotatable bonds is 10. The Hall–Kier alpha value is -1.71. The molecule has 0 heterocycles. The molecule has 7 nitrogen and oxygen atoms in total. The van der Waals surface area contributed by atoms with Crippen LogP contribution in [0, 0.1) is 5.92 Å². The van der Waals surface area contributed by atoms with Crippen molar-refractivity contribution in [3.05, 3.63) is 24.3 Å². The topological polar surface area (TPSA) is 84.0 Å². The molecule has 3 N–H and O–H groups in total. The van der Waals surface area contributed by atoms with Crippen LogP contribution >= 0.6 is 24.0 Å². The quantitative estimate of drug-likeness (QED) is 0.192. The van der Waals surface area contributed by atoms with Crippen LogP contribution in [-0.2, 0) is 4.79 Å². The summed E-state index contributed by atoms with van der Waals surface area (Å²) in [6.07, 6.45) is 5.53. The fourth-order valence-electron chi connectivity index (χ4n) is 3.34. The first-order valence-electron chi connectivity index (χ1n) is 10.1. The third-order valence-corrected chi connectivity index (χ3v) is 4.85. The maximum absolute atomic E-state index is 11.9. The summed E-state index contributed by atoms with van der Waals surface area (Å²) >= 11 is 0. The van der Waals surface area contributed by atoms with Crippen LogP contribution in [0.5, 0.6) is 11.5 Å². The van der Waals surface area contributed by atoms with Gasteiger partial charge in [-0.2, -0.15) is 0 Å². The largest absolute Gasteiger partial charge is 0.497 e. The Balaban J connectivity index is 0.00000420. The molecule has 164 valence electrons. The highest BCUT2D eigenvalue weighted by atomic mass is 127. The second-order valence-corrected chi connectivity index (χ2v) is 7.19. The molecule has 0 spiro atoms. The lowest BCUT2D eigenvalue weighted by Gasteiger charge is -2.18. The minimum Gasteiger partial charge on any atom is -0.497 e. The van der Waals surface area contributed by atoms with Crippen LogP contribution in [0.3, 0.4) is 0 Å². The molecule has 0 aliphatic heterocycles. The zero-order valence-corrected chi connectivity index (χ0v) is 20.0. The Morgan fingerprint density at radius 3 is 2.55 bits per heavy atom. The summed E-state index contributed by atoms with van der Waals surface area (Å²) < 4.78 is 11.1. The first kappa shape index (κ1) is 25.3. The molecule has 1 atom stereocenters. The van der Waals surface area contributed by atoms with Gasteiger partial charge in [0.2, 0.25) is 5.91 Å². The number of benzene rings is 1. The molecule has 1 unspecified atom stereocenters. The Morgan fingerprint density at radius 2 is 1.86 bits per heavy atom. The number of hydrogen-bond donors (Lipinski definition) is 3. The third-order valence-electron chi connectivity index (χ3n) is 4.85. The summed E-state index contributed by atoms with van der Waals surface area (Å²) in [5, 5.41) is 9.42. The van der Waals surface area contributed by atoms with Crippen LogP contribution in [0.15, 0.2) is 29.3 Å². The lowest BCUT2D eigenvalue weighted by Crippen LogP contribution is -2.44. The van der Waals surface area contributed by atoms with E-state index in [-0.39, 0.29) is 36.0 Å². The predicted molar refractivity (Wildman–Crippen MR) is 127 cm³/mol. The monoisotopic (exact) mass is 518 g/mol. The maximum atomic E-state index is 11.9. The van der Waals surface area contributed by atoms with Gasteiger partial charge in [-0.05, 0) is 37.8 Å². The van der Waals surface area contributed by atoms with E-state index in [1.165, 1.54) is 25.7 Å². The number of ether oxygens (including phenoxy) is 2. The van der Waals surface area contributed by atoms with Crippen molar-refractivity contribution in [1.82, 2.24) is 16.0 Å². The van der Waals surface area contributed by atoms with Gasteiger partial charge in [0, 0.05) is 32.6 Å². The van der Waals surface area contributed by atoms with Gasteiger partial charge >= 0.3 is 0 Å². The van der Waals surface area contributed by atoms with Crippen LogP contribution in [0.1, 0.15) is 39.0 Å². The van der Waals surface area contributed by atoms with Gasteiger partial charge in [-0.25, -0.2) is 0 Å². The molecular formula is C21H35IN4O3. The Morgan fingerprint density at radius 1 is 1.17 bits per heavy atom. The van der Waals surface area contributed by atoms with Crippen LogP contribution in [0.2, 0.25) is 0 Å². The average molecular weight is 518 g/mol. The lowest BCUT2D eigenvalue weighted by molar-refractivity contribution is -0.121. The fraction of sp³-hybridized carbons (Fsp3) is 0.619. The van der Waals surface area contributed by atoms with Gasteiger partial charge in [-0.1, -0.05) is 18.9 Å². The number of aliphatic imine (C=N–C) groups is 1. The summed E-state index contributed by atoms with van der Waals surface area (Å²) in [5.74, 6) is 2.95. The zero-order valence-electron chi connectivity index (χ0n) is 17.7. The van der Waals surface area contributed by atoms with E-state index in [1.54, 1.807) is 14.2 Å². The van der Waals surface area contributed by atoms with Crippen molar-refractivity contribution in [1.29, 1.82) is 0 Å². The molecular weight excluding hydrogens is 483 g/mol. The second-order valence-electron chi connectivity index (χ2n) is 7.19. The third kappa shape index (κ3) is 10.0. The number of methoxy groups -OCH3 is 1. The number of guanidine groups is 1. The van der Waals surface area contributed by atoms with Crippen molar-refractivity contribution in [2.75, 3.05) is 33.8 Å². The van der Waals surface area contributed by atoms with E-state index < -0.39 is 0 Å². The predicted octanol–water partition coefficient (Wildman–Crippen LogP) is 2.94. The minimum absolute atomic E-state index is 0. The Kier molecular flexibility index (Phi) is 12.5. The number of carbonyl (C=O) groups is 1. The molecule has 1 aromatic carbocycles. The van der Waals surface area contributed by atoms with Crippen molar-refractivity contribution in [2.24, 2.45) is 10.9 Å². The molecule has 1 aliphatic rings. The number of amides is 1. The van der Waals surface area contributed by atoms with Gasteiger partial charge in [-0.15, -0.1) is 24.0 Å². The standard InChI is InChI=1S/C21H34N4O3.HI/c1-16(28-19-10-6-9-18(14-19)27-3)15-25-21(22-2)24-12-11-23-20(26)13-17-7-4-5-8-17;/h6,9-10,14,16-17H,4-5,7-8,11-13,15H2,1-3H3,(H,23,26)(H2,22,24,25);1H. The van der Waals surface area contributed by atoms with E-state index in [9.17, 15) is 4.79 Å². The van der Waals surface area contributed by atoms with Crippen molar-refractivity contribution in [2.45, 2.75) is 45.1 Å². The number of halogens is 1. The summed E-state index contributed by atoms with van der Waals surface area (Å²) in [7, 11) is 3.36. The van der Waals surface area contributed by atoms with Gasteiger partial charge in [-0.3, -0.25) is 9.79 Å². The minimum atomic E-state index is -0.0447. The van der Waals surface area contributed by atoms with E-state index >= 15 is 0 Å². The highest BCUT2D eigenvalue weighted by molar-refractivity contribution is 14.0.